The van der Waals surface area contributed by atoms with Gasteiger partial charge in [-0.15, -0.1) is 0 Å². The van der Waals surface area contributed by atoms with Crippen LogP contribution in [0.5, 0.6) is 0 Å². The van der Waals surface area contributed by atoms with Gasteiger partial charge in [0.1, 0.15) is 18.5 Å². The van der Waals surface area contributed by atoms with Crippen LogP contribution in [0.2, 0.25) is 0 Å². The van der Waals surface area contributed by atoms with Crippen molar-refractivity contribution in [1.82, 2.24) is 0 Å². The first-order valence-electron chi connectivity index (χ1n) is 6.94. The molecule has 0 bridgehead atoms. The molecule has 0 radical (unpaired) electrons. The van der Waals surface area contributed by atoms with Crippen molar-refractivity contribution < 1.29 is 33.3 Å². The molecule has 0 N–H and O–H groups in total. The first-order chi connectivity index (χ1) is 9.91. The number of hydrogen-bond donors (Lipinski definition) is 0. The summed E-state index contributed by atoms with van der Waals surface area (Å²) in [5.74, 6) is -0.463. The molecule has 2 saturated heterocycles. The Kier molecular flexibility index (Phi) is 4.98. The number of carbonyl (C=O) groups excluding carboxylic acids is 2. The number of rotatable bonds is 4. The molecule has 2 aliphatic heterocycles. The van der Waals surface area contributed by atoms with E-state index in [-0.39, 0.29) is 25.4 Å². The molecule has 2 rings (SSSR count). The molecule has 0 aromatic heterocycles. The number of esters is 1. The maximum atomic E-state index is 11.2. The second-order valence-electron chi connectivity index (χ2n) is 5.86. The highest BCUT2D eigenvalue weighted by Gasteiger charge is 2.56. The Labute approximate surface area is 123 Å². The minimum absolute atomic E-state index is 0.00321. The van der Waals surface area contributed by atoms with Gasteiger partial charge in [-0.05, 0) is 0 Å². The first kappa shape index (κ1) is 16.4. The Morgan fingerprint density at radius 3 is 2.62 bits per heavy atom. The van der Waals surface area contributed by atoms with Crippen molar-refractivity contribution in [2.45, 2.75) is 57.9 Å². The van der Waals surface area contributed by atoms with Crippen LogP contribution in [0.15, 0.2) is 0 Å². The van der Waals surface area contributed by atoms with Crippen molar-refractivity contribution in [3.8, 4) is 0 Å². The summed E-state index contributed by atoms with van der Waals surface area (Å²) in [4.78, 5) is 22.1. The Morgan fingerprint density at radius 1 is 1.33 bits per heavy atom. The molecule has 2 aliphatic rings. The van der Waals surface area contributed by atoms with Gasteiger partial charge in [0.2, 0.25) is 6.29 Å². The monoisotopic (exact) mass is 302 g/mol. The fourth-order valence-corrected chi connectivity index (χ4v) is 3.05. The first-order valence-corrected chi connectivity index (χ1v) is 6.94. The Bertz CT molecular complexity index is 395. The maximum absolute atomic E-state index is 11.2. The lowest BCUT2D eigenvalue weighted by Gasteiger charge is -2.53. The van der Waals surface area contributed by atoms with Crippen molar-refractivity contribution in [2.24, 2.45) is 5.41 Å². The summed E-state index contributed by atoms with van der Waals surface area (Å²) < 4.78 is 27.6. The van der Waals surface area contributed by atoms with Crippen molar-refractivity contribution in [3.63, 3.8) is 0 Å². The highest BCUT2D eigenvalue weighted by atomic mass is 16.8. The van der Waals surface area contributed by atoms with Crippen molar-refractivity contribution >= 4 is 12.3 Å². The number of ether oxygens (including phenoxy) is 5. The maximum Gasteiger partial charge on any atom is 0.305 e. The van der Waals surface area contributed by atoms with Crippen molar-refractivity contribution in [3.05, 3.63) is 0 Å². The third kappa shape index (κ3) is 3.11. The van der Waals surface area contributed by atoms with Crippen molar-refractivity contribution in [1.29, 1.82) is 0 Å². The molecule has 7 heteroatoms. The molecule has 0 aromatic rings. The SMILES string of the molecule is CO[C@H]1[C@@H]2OCO[C@H](OC(C)=O)[C@@H]2O[C@@H](CC=O)C1(C)C. The highest BCUT2D eigenvalue weighted by molar-refractivity contribution is 5.66. The van der Waals surface area contributed by atoms with Crippen LogP contribution in [0.1, 0.15) is 27.2 Å². The van der Waals surface area contributed by atoms with Gasteiger partial charge in [-0.3, -0.25) is 4.79 Å². The van der Waals surface area contributed by atoms with Crippen LogP contribution >= 0.6 is 0 Å². The highest BCUT2D eigenvalue weighted by Crippen LogP contribution is 2.43. The average molecular weight is 302 g/mol. The van der Waals surface area contributed by atoms with E-state index in [9.17, 15) is 9.59 Å². The largest absolute Gasteiger partial charge is 0.433 e. The summed E-state index contributed by atoms with van der Waals surface area (Å²) in [7, 11) is 1.59. The number of hydrogen-bond acceptors (Lipinski definition) is 7. The number of carbonyl (C=O) groups is 2. The zero-order chi connectivity index (χ0) is 15.6. The molecule has 21 heavy (non-hydrogen) atoms. The summed E-state index contributed by atoms with van der Waals surface area (Å²) in [5, 5.41) is 0. The molecule has 2 fully saturated rings. The fraction of sp³-hybridized carbons (Fsp3) is 0.857. The van der Waals surface area contributed by atoms with E-state index >= 15 is 0 Å². The Morgan fingerprint density at radius 2 is 2.05 bits per heavy atom. The minimum atomic E-state index is -0.857. The quantitative estimate of drug-likeness (QED) is 0.557. The van der Waals surface area contributed by atoms with Gasteiger partial charge in [0.05, 0.1) is 12.2 Å². The summed E-state index contributed by atoms with van der Waals surface area (Å²) >= 11 is 0. The second-order valence-corrected chi connectivity index (χ2v) is 5.86. The van der Waals surface area contributed by atoms with Gasteiger partial charge in [0.15, 0.2) is 6.79 Å². The standard InChI is InChI=1S/C14H22O7/c1-8(16)20-13-11-10(18-7-19-13)12(17-4)14(2,3)9(21-11)5-6-15/h6,9-13H,5,7H2,1-4H3/t9-,10+,11+,12-,13+/m0/s1. The van der Waals surface area contributed by atoms with Gasteiger partial charge in [-0.25, -0.2) is 0 Å². The van der Waals surface area contributed by atoms with E-state index in [0.717, 1.165) is 6.29 Å². The molecular weight excluding hydrogens is 280 g/mol. The van der Waals surface area contributed by atoms with Gasteiger partial charge < -0.3 is 28.5 Å². The van der Waals surface area contributed by atoms with Gasteiger partial charge in [-0.1, -0.05) is 13.8 Å². The summed E-state index contributed by atoms with van der Waals surface area (Å²) in [6, 6.07) is 0. The molecule has 0 spiro atoms. The van der Waals surface area contributed by atoms with E-state index in [1.54, 1.807) is 7.11 Å². The molecule has 0 saturated carbocycles. The van der Waals surface area contributed by atoms with E-state index in [0.29, 0.717) is 0 Å². The van der Waals surface area contributed by atoms with Crippen LogP contribution in [-0.4, -0.2) is 56.9 Å². The lowest BCUT2D eigenvalue weighted by molar-refractivity contribution is -0.360. The van der Waals surface area contributed by atoms with Gasteiger partial charge in [-0.2, -0.15) is 0 Å². The topological polar surface area (TPSA) is 80.3 Å². The Hall–Kier alpha value is -1.02. The van der Waals surface area contributed by atoms with Crippen molar-refractivity contribution in [2.75, 3.05) is 13.9 Å². The summed E-state index contributed by atoms with van der Waals surface area (Å²) in [6.45, 7) is 5.23. The molecule has 0 aromatic carbocycles. The summed E-state index contributed by atoms with van der Waals surface area (Å²) in [6.07, 6.45) is -1.54. The third-order valence-corrected chi connectivity index (χ3v) is 4.11. The molecule has 120 valence electrons. The number of fused-ring (bicyclic) bond motifs is 1. The van der Waals surface area contributed by atoms with Gasteiger partial charge in [0, 0.05) is 25.9 Å². The molecular formula is C14H22O7. The normalized spacial score (nSPS) is 38.4. The van der Waals surface area contributed by atoms with Crippen LogP contribution in [0.4, 0.5) is 0 Å². The zero-order valence-corrected chi connectivity index (χ0v) is 12.7. The van der Waals surface area contributed by atoms with E-state index in [2.05, 4.69) is 0 Å². The van der Waals surface area contributed by atoms with Crippen LogP contribution in [0.25, 0.3) is 0 Å². The van der Waals surface area contributed by atoms with Gasteiger partial charge >= 0.3 is 5.97 Å². The van der Waals surface area contributed by atoms with Crippen LogP contribution in [0.3, 0.4) is 0 Å². The lowest BCUT2D eigenvalue weighted by Crippen LogP contribution is -2.66. The van der Waals surface area contributed by atoms with Crippen LogP contribution < -0.4 is 0 Å². The molecule has 7 nitrogen and oxygen atoms in total. The van der Waals surface area contributed by atoms with Gasteiger partial charge in [0.25, 0.3) is 0 Å². The van der Waals surface area contributed by atoms with E-state index in [1.165, 1.54) is 6.92 Å². The van der Waals surface area contributed by atoms with E-state index in [1.807, 2.05) is 13.8 Å². The Balaban J connectivity index is 2.26. The lowest BCUT2D eigenvalue weighted by atomic mass is 9.73. The predicted octanol–water partition coefficient (Wildman–Crippen LogP) is 0.646. The molecule has 0 aliphatic carbocycles. The molecule has 0 unspecified atom stereocenters. The number of methoxy groups -OCH3 is 1. The van der Waals surface area contributed by atoms with E-state index in [4.69, 9.17) is 23.7 Å². The summed E-state index contributed by atoms with van der Waals surface area (Å²) in [5.41, 5.74) is -0.422. The zero-order valence-electron chi connectivity index (χ0n) is 12.7. The smallest absolute Gasteiger partial charge is 0.305 e. The number of aldehydes is 1. The minimum Gasteiger partial charge on any atom is -0.433 e. The van der Waals surface area contributed by atoms with Crippen LogP contribution in [-0.2, 0) is 33.3 Å². The fourth-order valence-electron chi connectivity index (χ4n) is 3.05. The second kappa shape index (κ2) is 6.39. The van der Waals surface area contributed by atoms with E-state index < -0.39 is 29.9 Å². The molecule has 2 heterocycles. The molecule has 0 amide bonds. The van der Waals surface area contributed by atoms with Crippen LogP contribution in [0, 0.1) is 5.41 Å². The average Bonchev–Trinajstić information content (AvgIpc) is 2.40. The molecule has 5 atom stereocenters. The third-order valence-electron chi connectivity index (χ3n) is 4.11. The predicted molar refractivity (Wildman–Crippen MR) is 70.3 cm³/mol.